The van der Waals surface area contributed by atoms with E-state index in [0.29, 0.717) is 16.0 Å². The summed E-state index contributed by atoms with van der Waals surface area (Å²) in [4.78, 5) is 13.8. The number of carbonyl (C=O) groups excluding carboxylic acids is 1. The SMILES string of the molecule is O=C(c1ccccc1)C(c1ccccc1)C(Nc1ccc(Cl)c(Cl)c1)C1CCNCC1. The Kier molecular flexibility index (Phi) is 7.29. The fourth-order valence-electron chi connectivity index (χ4n) is 4.42. The second kappa shape index (κ2) is 10.3. The van der Waals surface area contributed by atoms with Gasteiger partial charge in [0.25, 0.3) is 0 Å². The van der Waals surface area contributed by atoms with Gasteiger partial charge in [-0.25, -0.2) is 0 Å². The van der Waals surface area contributed by atoms with Crippen LogP contribution in [-0.4, -0.2) is 24.9 Å². The van der Waals surface area contributed by atoms with Gasteiger partial charge in [-0.05, 0) is 55.6 Å². The maximum Gasteiger partial charge on any atom is 0.172 e. The number of nitrogens with one attached hydrogen (secondary N) is 2. The lowest BCUT2D eigenvalue weighted by Crippen LogP contribution is -2.43. The number of benzene rings is 3. The highest BCUT2D eigenvalue weighted by Crippen LogP contribution is 2.35. The highest BCUT2D eigenvalue weighted by atomic mass is 35.5. The number of Topliss-reactive ketones (excluding diaryl/α,β-unsaturated/α-hetero) is 1. The Labute approximate surface area is 193 Å². The predicted molar refractivity (Wildman–Crippen MR) is 129 cm³/mol. The Morgan fingerprint density at radius 3 is 2.16 bits per heavy atom. The van der Waals surface area contributed by atoms with E-state index in [9.17, 15) is 4.79 Å². The van der Waals surface area contributed by atoms with Crippen molar-refractivity contribution >= 4 is 34.7 Å². The fourth-order valence-corrected chi connectivity index (χ4v) is 4.72. The number of anilines is 1. The van der Waals surface area contributed by atoms with Crippen molar-refractivity contribution in [2.24, 2.45) is 5.92 Å². The van der Waals surface area contributed by atoms with Gasteiger partial charge >= 0.3 is 0 Å². The Bertz CT molecular complexity index is 1000. The van der Waals surface area contributed by atoms with Crippen molar-refractivity contribution in [3.8, 4) is 0 Å². The van der Waals surface area contributed by atoms with Gasteiger partial charge in [0.05, 0.1) is 16.0 Å². The topological polar surface area (TPSA) is 41.1 Å². The first-order chi connectivity index (χ1) is 15.1. The molecule has 4 rings (SSSR count). The second-order valence-electron chi connectivity index (χ2n) is 8.01. The molecular weight excluding hydrogens is 427 g/mol. The van der Waals surface area contributed by atoms with E-state index < -0.39 is 0 Å². The van der Waals surface area contributed by atoms with Crippen LogP contribution in [0.1, 0.15) is 34.7 Å². The largest absolute Gasteiger partial charge is 0.381 e. The third kappa shape index (κ3) is 5.30. The minimum atomic E-state index is -0.318. The van der Waals surface area contributed by atoms with Gasteiger partial charge < -0.3 is 10.6 Å². The molecule has 1 aliphatic rings. The van der Waals surface area contributed by atoms with Crippen LogP contribution >= 0.6 is 23.2 Å². The molecule has 3 aromatic rings. The van der Waals surface area contributed by atoms with Crippen molar-refractivity contribution < 1.29 is 4.79 Å². The molecule has 31 heavy (non-hydrogen) atoms. The average Bonchev–Trinajstić information content (AvgIpc) is 2.82. The minimum absolute atomic E-state index is 0.0746. The highest BCUT2D eigenvalue weighted by Gasteiger charge is 2.36. The Morgan fingerprint density at radius 2 is 1.52 bits per heavy atom. The molecule has 5 heteroatoms. The minimum Gasteiger partial charge on any atom is -0.381 e. The molecule has 0 aliphatic carbocycles. The molecule has 1 fully saturated rings. The Morgan fingerprint density at radius 1 is 0.871 bits per heavy atom. The van der Waals surface area contributed by atoms with E-state index in [1.807, 2.05) is 60.7 Å². The molecule has 3 aromatic carbocycles. The summed E-state index contributed by atoms with van der Waals surface area (Å²) in [6, 6.07) is 25.1. The van der Waals surface area contributed by atoms with Crippen LogP contribution in [0.5, 0.6) is 0 Å². The summed E-state index contributed by atoms with van der Waals surface area (Å²) in [5.41, 5.74) is 2.62. The third-order valence-electron chi connectivity index (χ3n) is 6.00. The summed E-state index contributed by atoms with van der Waals surface area (Å²) in [5.74, 6) is 0.151. The van der Waals surface area contributed by atoms with Crippen LogP contribution in [0.2, 0.25) is 10.0 Å². The number of hydrogen-bond donors (Lipinski definition) is 2. The monoisotopic (exact) mass is 452 g/mol. The van der Waals surface area contributed by atoms with Gasteiger partial charge in [0.15, 0.2) is 5.78 Å². The zero-order valence-electron chi connectivity index (χ0n) is 17.2. The van der Waals surface area contributed by atoms with Gasteiger partial charge in [-0.3, -0.25) is 4.79 Å². The maximum absolute atomic E-state index is 13.8. The Hall–Kier alpha value is -2.33. The molecule has 0 bridgehead atoms. The number of hydrogen-bond acceptors (Lipinski definition) is 3. The Balaban J connectivity index is 1.76. The van der Waals surface area contributed by atoms with Gasteiger partial charge in [0.2, 0.25) is 0 Å². The first-order valence-electron chi connectivity index (χ1n) is 10.7. The number of piperidine rings is 1. The van der Waals surface area contributed by atoms with Crippen LogP contribution in [0.3, 0.4) is 0 Å². The molecular formula is C26H26Cl2N2O. The van der Waals surface area contributed by atoms with Crippen LogP contribution < -0.4 is 10.6 Å². The van der Waals surface area contributed by atoms with Gasteiger partial charge in [0, 0.05) is 17.3 Å². The second-order valence-corrected chi connectivity index (χ2v) is 8.82. The number of rotatable bonds is 7. The zero-order valence-corrected chi connectivity index (χ0v) is 18.7. The molecule has 0 radical (unpaired) electrons. The normalized spacial score (nSPS) is 16.5. The van der Waals surface area contributed by atoms with Crippen molar-refractivity contribution in [2.75, 3.05) is 18.4 Å². The molecule has 1 aliphatic heterocycles. The van der Waals surface area contributed by atoms with Gasteiger partial charge in [-0.2, -0.15) is 0 Å². The molecule has 0 aromatic heterocycles. The fraction of sp³-hybridized carbons (Fsp3) is 0.269. The summed E-state index contributed by atoms with van der Waals surface area (Å²) in [5, 5.41) is 8.13. The van der Waals surface area contributed by atoms with Crippen molar-refractivity contribution in [1.82, 2.24) is 5.32 Å². The molecule has 1 saturated heterocycles. The van der Waals surface area contributed by atoms with Crippen molar-refractivity contribution in [3.05, 3.63) is 100 Å². The summed E-state index contributed by atoms with van der Waals surface area (Å²) in [6.07, 6.45) is 2.01. The predicted octanol–water partition coefficient (Wildman–Crippen LogP) is 6.44. The van der Waals surface area contributed by atoms with E-state index in [2.05, 4.69) is 22.8 Å². The van der Waals surface area contributed by atoms with Crippen LogP contribution in [-0.2, 0) is 0 Å². The molecule has 1 heterocycles. The summed E-state index contributed by atoms with van der Waals surface area (Å²) in [6.45, 7) is 1.90. The van der Waals surface area contributed by atoms with E-state index in [-0.39, 0.29) is 17.7 Å². The van der Waals surface area contributed by atoms with Crippen LogP contribution in [0.15, 0.2) is 78.9 Å². The van der Waals surface area contributed by atoms with E-state index >= 15 is 0 Å². The van der Waals surface area contributed by atoms with Crippen molar-refractivity contribution in [1.29, 1.82) is 0 Å². The van der Waals surface area contributed by atoms with E-state index in [1.165, 1.54) is 0 Å². The molecule has 2 N–H and O–H groups in total. The lowest BCUT2D eigenvalue weighted by Gasteiger charge is -2.37. The lowest BCUT2D eigenvalue weighted by molar-refractivity contribution is 0.0934. The first-order valence-corrected chi connectivity index (χ1v) is 11.5. The number of carbonyl (C=O) groups is 1. The van der Waals surface area contributed by atoms with E-state index in [4.69, 9.17) is 23.2 Å². The summed E-state index contributed by atoms with van der Waals surface area (Å²) >= 11 is 12.4. The molecule has 0 spiro atoms. The van der Waals surface area contributed by atoms with Crippen LogP contribution in [0, 0.1) is 5.92 Å². The van der Waals surface area contributed by atoms with Crippen LogP contribution in [0.4, 0.5) is 5.69 Å². The summed E-state index contributed by atoms with van der Waals surface area (Å²) in [7, 11) is 0. The molecule has 2 atom stereocenters. The smallest absolute Gasteiger partial charge is 0.172 e. The van der Waals surface area contributed by atoms with E-state index in [0.717, 1.165) is 42.7 Å². The maximum atomic E-state index is 13.8. The zero-order chi connectivity index (χ0) is 21.6. The van der Waals surface area contributed by atoms with Crippen molar-refractivity contribution in [2.45, 2.75) is 24.8 Å². The quantitative estimate of drug-likeness (QED) is 0.405. The molecule has 0 saturated carbocycles. The lowest BCUT2D eigenvalue weighted by atomic mass is 9.76. The van der Waals surface area contributed by atoms with Gasteiger partial charge in [0.1, 0.15) is 0 Å². The third-order valence-corrected chi connectivity index (χ3v) is 6.74. The van der Waals surface area contributed by atoms with Gasteiger partial charge in [-0.15, -0.1) is 0 Å². The highest BCUT2D eigenvalue weighted by molar-refractivity contribution is 6.42. The molecule has 160 valence electrons. The first kappa shape index (κ1) is 21.9. The average molecular weight is 453 g/mol. The molecule has 3 nitrogen and oxygen atoms in total. The van der Waals surface area contributed by atoms with Gasteiger partial charge in [-0.1, -0.05) is 83.9 Å². The molecule has 2 unspecified atom stereocenters. The number of ketones is 1. The number of halogens is 2. The van der Waals surface area contributed by atoms with Crippen LogP contribution in [0.25, 0.3) is 0 Å². The van der Waals surface area contributed by atoms with E-state index in [1.54, 1.807) is 6.07 Å². The standard InChI is InChI=1S/C26H26Cl2N2O/c27-22-12-11-21(17-23(22)28)30-25(19-13-15-29-16-14-19)24(18-7-3-1-4-8-18)26(31)20-9-5-2-6-10-20/h1-12,17,19,24-25,29-30H,13-16H2. The molecule has 0 amide bonds. The van der Waals surface area contributed by atoms with Crippen molar-refractivity contribution in [3.63, 3.8) is 0 Å². The summed E-state index contributed by atoms with van der Waals surface area (Å²) < 4.78 is 0.